The number of primary amides is 1. The van der Waals surface area contributed by atoms with Crippen LogP contribution in [-0.4, -0.2) is 26.4 Å². The van der Waals surface area contributed by atoms with Crippen molar-refractivity contribution in [3.63, 3.8) is 0 Å². The number of hydrogen-bond donors (Lipinski definition) is 2. The van der Waals surface area contributed by atoms with Crippen LogP contribution in [0.4, 0.5) is 10.2 Å². The van der Waals surface area contributed by atoms with Crippen molar-refractivity contribution in [3.8, 4) is 0 Å². The molecule has 0 aliphatic heterocycles. The number of rotatable bonds is 6. The van der Waals surface area contributed by atoms with Gasteiger partial charge < -0.3 is 11.1 Å². The summed E-state index contributed by atoms with van der Waals surface area (Å²) < 4.78 is 14.6. The number of fused-ring (bicyclic) bond motifs is 1. The highest BCUT2D eigenvalue weighted by molar-refractivity contribution is 5.93. The standard InChI is InChI=1S/C19H20FN5O2/c1-19(2,10-15(21)26)17-14-7-8-22-11-25(14)24-18(17)23-16(27)9-12-3-5-13(20)6-4-12/h3-8,11H,9-10H2,1-2H3,(H2,21,26)(H,23,24,27). The maximum atomic E-state index is 13.0. The van der Waals surface area contributed by atoms with Crippen molar-refractivity contribution in [3.05, 3.63) is 59.8 Å². The van der Waals surface area contributed by atoms with Gasteiger partial charge in [0.05, 0.1) is 11.9 Å². The largest absolute Gasteiger partial charge is 0.370 e. The Bertz CT molecular complexity index is 995. The number of amides is 2. The van der Waals surface area contributed by atoms with Crippen LogP contribution in [-0.2, 0) is 21.4 Å². The van der Waals surface area contributed by atoms with E-state index in [1.165, 1.54) is 18.5 Å². The Labute approximate surface area is 155 Å². The first-order valence-corrected chi connectivity index (χ1v) is 8.42. The van der Waals surface area contributed by atoms with E-state index in [0.717, 1.165) is 5.52 Å². The molecule has 8 heteroatoms. The number of aromatic nitrogens is 3. The molecule has 0 aliphatic carbocycles. The van der Waals surface area contributed by atoms with Crippen molar-refractivity contribution in [2.75, 3.05) is 5.32 Å². The van der Waals surface area contributed by atoms with Crippen LogP contribution >= 0.6 is 0 Å². The summed E-state index contributed by atoms with van der Waals surface area (Å²) in [4.78, 5) is 28.0. The number of nitrogens with one attached hydrogen (secondary N) is 1. The Hall–Kier alpha value is -3.29. The van der Waals surface area contributed by atoms with Gasteiger partial charge >= 0.3 is 0 Å². The van der Waals surface area contributed by atoms with E-state index in [0.29, 0.717) is 16.9 Å². The van der Waals surface area contributed by atoms with E-state index in [-0.39, 0.29) is 24.6 Å². The molecule has 3 aromatic rings. The Morgan fingerprint density at radius 1 is 1.22 bits per heavy atom. The predicted molar refractivity (Wildman–Crippen MR) is 98.6 cm³/mol. The van der Waals surface area contributed by atoms with Crippen LogP contribution in [0.1, 0.15) is 31.4 Å². The number of anilines is 1. The van der Waals surface area contributed by atoms with Gasteiger partial charge in [-0.2, -0.15) is 0 Å². The minimum atomic E-state index is -0.645. The van der Waals surface area contributed by atoms with Crippen molar-refractivity contribution < 1.29 is 14.0 Å². The molecule has 1 aromatic carbocycles. The molecule has 7 nitrogen and oxygen atoms in total. The number of halogens is 1. The SMILES string of the molecule is CC(C)(CC(N)=O)c1c(NC(=O)Cc2ccc(F)cc2)nn2cnccc12. The zero-order valence-electron chi connectivity index (χ0n) is 15.1. The van der Waals surface area contributed by atoms with E-state index in [9.17, 15) is 14.0 Å². The Morgan fingerprint density at radius 3 is 2.59 bits per heavy atom. The molecule has 0 atom stereocenters. The summed E-state index contributed by atoms with van der Waals surface area (Å²) in [6, 6.07) is 7.49. The smallest absolute Gasteiger partial charge is 0.230 e. The Kier molecular flexibility index (Phi) is 4.89. The van der Waals surface area contributed by atoms with E-state index in [1.54, 1.807) is 28.9 Å². The predicted octanol–water partition coefficient (Wildman–Crippen LogP) is 2.20. The lowest BCUT2D eigenvalue weighted by molar-refractivity contribution is -0.119. The van der Waals surface area contributed by atoms with Crippen LogP contribution in [0.5, 0.6) is 0 Å². The van der Waals surface area contributed by atoms with Crippen LogP contribution in [0.25, 0.3) is 5.52 Å². The Balaban J connectivity index is 1.93. The fraction of sp³-hybridized carbons (Fsp3) is 0.263. The van der Waals surface area contributed by atoms with Gasteiger partial charge in [-0.15, -0.1) is 5.10 Å². The lowest BCUT2D eigenvalue weighted by atomic mass is 9.81. The van der Waals surface area contributed by atoms with Gasteiger partial charge in [-0.05, 0) is 23.8 Å². The second-order valence-corrected chi connectivity index (χ2v) is 7.01. The zero-order chi connectivity index (χ0) is 19.6. The van der Waals surface area contributed by atoms with Crippen LogP contribution in [0.2, 0.25) is 0 Å². The lowest BCUT2D eigenvalue weighted by Crippen LogP contribution is -2.27. The maximum absolute atomic E-state index is 13.0. The van der Waals surface area contributed by atoms with E-state index in [1.807, 2.05) is 13.8 Å². The van der Waals surface area contributed by atoms with Crippen LogP contribution < -0.4 is 11.1 Å². The first-order chi connectivity index (χ1) is 12.8. The van der Waals surface area contributed by atoms with E-state index in [4.69, 9.17) is 5.73 Å². The molecule has 0 bridgehead atoms. The van der Waals surface area contributed by atoms with Gasteiger partial charge in [-0.25, -0.2) is 13.9 Å². The molecule has 2 aromatic heterocycles. The van der Waals surface area contributed by atoms with Crippen LogP contribution in [0, 0.1) is 5.82 Å². The maximum Gasteiger partial charge on any atom is 0.230 e. The van der Waals surface area contributed by atoms with Crippen molar-refractivity contribution in [1.29, 1.82) is 0 Å². The second-order valence-electron chi connectivity index (χ2n) is 7.01. The summed E-state index contributed by atoms with van der Waals surface area (Å²) in [6.07, 6.45) is 3.30. The lowest BCUT2D eigenvalue weighted by Gasteiger charge is -2.23. The third kappa shape index (κ3) is 4.11. The monoisotopic (exact) mass is 369 g/mol. The number of benzene rings is 1. The molecule has 27 heavy (non-hydrogen) atoms. The van der Waals surface area contributed by atoms with Gasteiger partial charge in [0.15, 0.2) is 5.82 Å². The zero-order valence-corrected chi connectivity index (χ0v) is 15.1. The molecule has 0 spiro atoms. The number of carbonyl (C=O) groups excluding carboxylic acids is 2. The molecule has 0 saturated carbocycles. The van der Waals surface area contributed by atoms with Gasteiger partial charge in [0, 0.05) is 23.6 Å². The molecule has 0 unspecified atom stereocenters. The molecule has 3 rings (SSSR count). The van der Waals surface area contributed by atoms with Gasteiger partial charge in [0.1, 0.15) is 12.1 Å². The molecular formula is C19H20FN5O2. The molecule has 0 aliphatic rings. The van der Waals surface area contributed by atoms with Crippen molar-refractivity contribution in [2.24, 2.45) is 5.73 Å². The van der Waals surface area contributed by atoms with E-state index < -0.39 is 11.3 Å². The molecule has 2 amide bonds. The molecule has 0 fully saturated rings. The second kappa shape index (κ2) is 7.14. The summed E-state index contributed by atoms with van der Waals surface area (Å²) in [6.45, 7) is 3.73. The Morgan fingerprint density at radius 2 is 1.93 bits per heavy atom. The van der Waals surface area contributed by atoms with Gasteiger partial charge in [0.25, 0.3) is 0 Å². The molecule has 140 valence electrons. The third-order valence-corrected chi connectivity index (χ3v) is 4.27. The topological polar surface area (TPSA) is 102 Å². The highest BCUT2D eigenvalue weighted by atomic mass is 19.1. The number of carbonyl (C=O) groups is 2. The summed E-state index contributed by atoms with van der Waals surface area (Å²) in [7, 11) is 0. The first-order valence-electron chi connectivity index (χ1n) is 8.42. The van der Waals surface area contributed by atoms with Crippen LogP contribution in [0.3, 0.4) is 0 Å². The number of nitrogens with zero attached hydrogens (tertiary/aromatic N) is 3. The minimum Gasteiger partial charge on any atom is -0.370 e. The third-order valence-electron chi connectivity index (χ3n) is 4.27. The molecule has 3 N–H and O–H groups in total. The minimum absolute atomic E-state index is 0.0715. The molecule has 0 radical (unpaired) electrons. The van der Waals surface area contributed by atoms with Gasteiger partial charge in [0.2, 0.25) is 11.8 Å². The van der Waals surface area contributed by atoms with Crippen molar-refractivity contribution >= 4 is 23.1 Å². The van der Waals surface area contributed by atoms with E-state index >= 15 is 0 Å². The molecular weight excluding hydrogens is 349 g/mol. The summed E-state index contributed by atoms with van der Waals surface area (Å²) in [5, 5.41) is 7.19. The fourth-order valence-electron chi connectivity index (χ4n) is 3.15. The average Bonchev–Trinajstić information content (AvgIpc) is 2.94. The molecule has 0 saturated heterocycles. The highest BCUT2D eigenvalue weighted by Gasteiger charge is 2.31. The normalized spacial score (nSPS) is 11.5. The van der Waals surface area contributed by atoms with E-state index in [2.05, 4.69) is 15.4 Å². The summed E-state index contributed by atoms with van der Waals surface area (Å²) >= 11 is 0. The quantitative estimate of drug-likeness (QED) is 0.695. The van der Waals surface area contributed by atoms with Crippen molar-refractivity contribution in [1.82, 2.24) is 14.6 Å². The molecule has 2 heterocycles. The number of nitrogens with two attached hydrogens (primary N) is 1. The number of hydrogen-bond acceptors (Lipinski definition) is 4. The van der Waals surface area contributed by atoms with Gasteiger partial charge in [-0.3, -0.25) is 9.59 Å². The first kappa shape index (κ1) is 18.5. The fourth-order valence-corrected chi connectivity index (χ4v) is 3.15. The average molecular weight is 369 g/mol. The van der Waals surface area contributed by atoms with Gasteiger partial charge in [-0.1, -0.05) is 26.0 Å². The van der Waals surface area contributed by atoms with Crippen molar-refractivity contribution in [2.45, 2.75) is 32.1 Å². The highest BCUT2D eigenvalue weighted by Crippen LogP contribution is 2.35. The summed E-state index contributed by atoms with van der Waals surface area (Å²) in [5.41, 5.74) is 6.87. The summed E-state index contributed by atoms with van der Waals surface area (Å²) in [5.74, 6) is -0.755. The van der Waals surface area contributed by atoms with Crippen LogP contribution in [0.15, 0.2) is 42.9 Å².